The molecule has 0 saturated heterocycles. The number of nitrogens with two attached hydrogens (primary N) is 1. The molecule has 1 heterocycles. The van der Waals surface area contributed by atoms with E-state index >= 15 is 0 Å². The molecule has 10 heteroatoms. The van der Waals surface area contributed by atoms with E-state index in [0.717, 1.165) is 36.4 Å². The van der Waals surface area contributed by atoms with Crippen molar-refractivity contribution in [3.8, 4) is 5.75 Å². The van der Waals surface area contributed by atoms with Crippen LogP contribution in [0.15, 0.2) is 48.5 Å². The van der Waals surface area contributed by atoms with Crippen molar-refractivity contribution in [2.24, 2.45) is 0 Å². The predicted molar refractivity (Wildman–Crippen MR) is 143 cm³/mol. The maximum absolute atomic E-state index is 11.9. The van der Waals surface area contributed by atoms with Gasteiger partial charge in [-0.25, -0.2) is 0 Å². The molecule has 1 saturated carbocycles. The number of carbonyl (C=O) groups is 3. The lowest BCUT2D eigenvalue weighted by molar-refractivity contribution is -0.133. The molecule has 10 nitrogen and oxygen atoms in total. The molecule has 1 fully saturated rings. The van der Waals surface area contributed by atoms with Crippen LogP contribution in [0.3, 0.4) is 0 Å². The fourth-order valence-corrected chi connectivity index (χ4v) is 3.85. The predicted octanol–water partition coefficient (Wildman–Crippen LogP) is 4.44. The Balaban J connectivity index is 0.000000367. The molecule has 2 atom stereocenters. The smallest absolute Gasteiger partial charge is 0.293 e. The number of anilines is 3. The molecule has 0 radical (unpaired) electrons. The first-order chi connectivity index (χ1) is 18.0. The molecule has 3 aromatic rings. The number of amides is 1. The Kier molecular flexibility index (Phi) is 11.7. The summed E-state index contributed by atoms with van der Waals surface area (Å²) in [7, 11) is 3.14. The second kappa shape index (κ2) is 14.9. The number of ether oxygens (including phenoxy) is 2. The zero-order chi connectivity index (χ0) is 27.2. The number of H-pyrrole nitrogens is 1. The zero-order valence-electron chi connectivity index (χ0n) is 21.6. The van der Waals surface area contributed by atoms with Gasteiger partial charge in [0.05, 0.1) is 12.7 Å². The average molecular weight is 510 g/mol. The normalized spacial score (nSPS) is 15.7. The van der Waals surface area contributed by atoms with Crippen LogP contribution < -0.4 is 21.1 Å². The quantitative estimate of drug-likeness (QED) is 0.257. The van der Waals surface area contributed by atoms with E-state index in [0.29, 0.717) is 35.4 Å². The molecule has 5 N–H and O–H groups in total. The van der Waals surface area contributed by atoms with E-state index in [2.05, 4.69) is 20.8 Å². The van der Waals surface area contributed by atoms with Gasteiger partial charge in [-0.15, -0.1) is 0 Å². The van der Waals surface area contributed by atoms with Crippen molar-refractivity contribution in [1.82, 2.24) is 15.5 Å². The number of nitrogens with one attached hydrogen (secondary N) is 3. The Bertz CT molecular complexity index is 1150. The van der Waals surface area contributed by atoms with Crippen LogP contribution in [0.25, 0.3) is 0 Å². The van der Waals surface area contributed by atoms with Gasteiger partial charge in [0.25, 0.3) is 12.4 Å². The Morgan fingerprint density at radius 2 is 1.84 bits per heavy atom. The van der Waals surface area contributed by atoms with Gasteiger partial charge < -0.3 is 25.8 Å². The van der Waals surface area contributed by atoms with Crippen LogP contribution in [0.5, 0.6) is 5.75 Å². The van der Waals surface area contributed by atoms with E-state index in [-0.39, 0.29) is 17.9 Å². The molecule has 1 aliphatic rings. The standard InChI is InChI=1S/C18H20N4O4.C7H9NO.C2H6/c1-19-18(25)15-7-13(4-2-12(15)9-23)20-17-8-16(21-22-17)11-3-5-14(6-11)26-10-24;1-9-7-4-2-6(8)3-5-7;1-2/h2,4,7-11,14H,3,5-6H2,1H3,(H,19,25)(H2,20,21,22);2-5H,8H2,1H3;1-2H3. The first kappa shape index (κ1) is 28.9. The van der Waals surface area contributed by atoms with Gasteiger partial charge in [0.2, 0.25) is 0 Å². The van der Waals surface area contributed by atoms with Crippen LogP contribution in [0, 0.1) is 0 Å². The largest absolute Gasteiger partial charge is 0.497 e. The maximum atomic E-state index is 11.9. The van der Waals surface area contributed by atoms with Gasteiger partial charge in [0.15, 0.2) is 12.1 Å². The Hall–Kier alpha value is -4.34. The maximum Gasteiger partial charge on any atom is 0.293 e. The molecule has 0 aliphatic heterocycles. The van der Waals surface area contributed by atoms with Crippen molar-refractivity contribution >= 4 is 35.9 Å². The van der Waals surface area contributed by atoms with Gasteiger partial charge in [-0.05, 0) is 61.7 Å². The fourth-order valence-electron chi connectivity index (χ4n) is 3.85. The van der Waals surface area contributed by atoms with Crippen molar-refractivity contribution in [2.75, 3.05) is 25.2 Å². The average Bonchev–Trinajstić information content (AvgIpc) is 3.60. The van der Waals surface area contributed by atoms with E-state index in [1.54, 1.807) is 37.4 Å². The highest BCUT2D eigenvalue weighted by molar-refractivity contribution is 6.02. The van der Waals surface area contributed by atoms with Crippen LogP contribution in [0.1, 0.15) is 65.4 Å². The molecule has 1 aliphatic carbocycles. The second-order valence-corrected chi connectivity index (χ2v) is 7.97. The van der Waals surface area contributed by atoms with Crippen LogP contribution in [-0.2, 0) is 9.53 Å². The number of methoxy groups -OCH3 is 1. The molecular formula is C27H35N5O5. The number of rotatable bonds is 8. The highest BCUT2D eigenvalue weighted by Gasteiger charge is 2.28. The first-order valence-corrected chi connectivity index (χ1v) is 12.1. The third-order valence-corrected chi connectivity index (χ3v) is 5.71. The summed E-state index contributed by atoms with van der Waals surface area (Å²) >= 11 is 0. The van der Waals surface area contributed by atoms with E-state index in [1.807, 2.05) is 32.0 Å². The number of aromatic nitrogens is 2. The number of hydrogen-bond donors (Lipinski definition) is 4. The monoisotopic (exact) mass is 509 g/mol. The SMILES string of the molecule is CC.CNC(=O)c1cc(Nc2cc(C3CCC(OC=O)C3)[nH]n2)ccc1C=O.COc1ccc(N)cc1. The highest BCUT2D eigenvalue weighted by atomic mass is 16.5. The van der Waals surface area contributed by atoms with Gasteiger partial charge in [-0.3, -0.25) is 19.5 Å². The molecule has 37 heavy (non-hydrogen) atoms. The van der Waals surface area contributed by atoms with Crippen molar-refractivity contribution in [3.05, 3.63) is 65.4 Å². The summed E-state index contributed by atoms with van der Waals surface area (Å²) < 4.78 is 9.94. The molecule has 2 unspecified atom stereocenters. The first-order valence-electron chi connectivity index (χ1n) is 12.1. The lowest BCUT2D eigenvalue weighted by Crippen LogP contribution is -2.19. The van der Waals surface area contributed by atoms with Gasteiger partial charge in [-0.2, -0.15) is 5.10 Å². The van der Waals surface area contributed by atoms with Gasteiger partial charge in [0, 0.05) is 41.7 Å². The number of carbonyl (C=O) groups excluding carboxylic acids is 3. The molecule has 2 aromatic carbocycles. The van der Waals surface area contributed by atoms with E-state index in [9.17, 15) is 14.4 Å². The van der Waals surface area contributed by atoms with Gasteiger partial charge in [-0.1, -0.05) is 13.8 Å². The Morgan fingerprint density at radius 1 is 1.11 bits per heavy atom. The molecule has 1 aromatic heterocycles. The van der Waals surface area contributed by atoms with Gasteiger partial charge >= 0.3 is 0 Å². The third kappa shape index (κ3) is 8.38. The summed E-state index contributed by atoms with van der Waals surface area (Å²) in [4.78, 5) is 33.4. The van der Waals surface area contributed by atoms with Crippen molar-refractivity contribution in [2.45, 2.75) is 45.1 Å². The molecule has 0 bridgehead atoms. The molecular weight excluding hydrogens is 474 g/mol. The van der Waals surface area contributed by atoms with Crippen LogP contribution >= 0.6 is 0 Å². The number of aldehydes is 1. The second-order valence-electron chi connectivity index (χ2n) is 7.97. The summed E-state index contributed by atoms with van der Waals surface area (Å²) in [5, 5.41) is 12.9. The summed E-state index contributed by atoms with van der Waals surface area (Å²) in [6.07, 6.45) is 3.15. The van der Waals surface area contributed by atoms with Crippen LogP contribution in [0.2, 0.25) is 0 Å². The van der Waals surface area contributed by atoms with E-state index in [4.69, 9.17) is 15.2 Å². The molecule has 0 spiro atoms. The highest BCUT2D eigenvalue weighted by Crippen LogP contribution is 2.35. The zero-order valence-corrected chi connectivity index (χ0v) is 21.6. The fraction of sp³-hybridized carbons (Fsp3) is 0.333. The van der Waals surface area contributed by atoms with Crippen LogP contribution in [0.4, 0.5) is 17.2 Å². The van der Waals surface area contributed by atoms with E-state index < -0.39 is 0 Å². The lowest BCUT2D eigenvalue weighted by Gasteiger charge is -2.08. The minimum Gasteiger partial charge on any atom is -0.497 e. The number of aromatic amines is 1. The number of nitrogen functional groups attached to an aromatic ring is 1. The lowest BCUT2D eigenvalue weighted by atomic mass is 10.0. The molecule has 198 valence electrons. The Morgan fingerprint density at radius 3 is 2.46 bits per heavy atom. The summed E-state index contributed by atoms with van der Waals surface area (Å²) in [5.74, 6) is 1.39. The number of benzene rings is 2. The topological polar surface area (TPSA) is 148 Å². The van der Waals surface area contributed by atoms with Gasteiger partial charge in [0.1, 0.15) is 11.9 Å². The third-order valence-electron chi connectivity index (χ3n) is 5.71. The number of hydrogen-bond acceptors (Lipinski definition) is 8. The molecule has 1 amide bonds. The summed E-state index contributed by atoms with van der Waals surface area (Å²) in [5.41, 5.74) is 8.43. The van der Waals surface area contributed by atoms with Crippen molar-refractivity contribution < 1.29 is 23.9 Å². The molecule has 4 rings (SSSR count). The minimum atomic E-state index is -0.328. The van der Waals surface area contributed by atoms with Crippen molar-refractivity contribution in [3.63, 3.8) is 0 Å². The summed E-state index contributed by atoms with van der Waals surface area (Å²) in [6, 6.07) is 14.1. The Labute approximate surface area is 216 Å². The number of nitrogens with zero attached hydrogens (tertiary/aromatic N) is 1. The van der Waals surface area contributed by atoms with E-state index in [1.165, 1.54) is 7.05 Å². The van der Waals surface area contributed by atoms with Crippen LogP contribution in [-0.4, -0.2) is 49.1 Å². The minimum absolute atomic E-state index is 0.0387. The summed E-state index contributed by atoms with van der Waals surface area (Å²) in [6.45, 7) is 4.50. The van der Waals surface area contributed by atoms with Crippen molar-refractivity contribution in [1.29, 1.82) is 0 Å².